The Kier molecular flexibility index (Phi) is 4.18. The Hall–Kier alpha value is -2.96. The maximum absolute atomic E-state index is 12.5. The maximum atomic E-state index is 12.5. The fourth-order valence-corrected chi connectivity index (χ4v) is 2.52. The summed E-state index contributed by atoms with van der Waals surface area (Å²) in [5.74, 6) is 0.190. The summed E-state index contributed by atoms with van der Waals surface area (Å²) in [5.41, 5.74) is 1.13. The highest BCUT2D eigenvalue weighted by molar-refractivity contribution is 6.00. The van der Waals surface area contributed by atoms with Gasteiger partial charge in [-0.25, -0.2) is 0 Å². The molecule has 1 atom stereocenters. The Morgan fingerprint density at radius 2 is 1.96 bits per heavy atom. The van der Waals surface area contributed by atoms with Gasteiger partial charge in [-0.15, -0.1) is 10.2 Å². The molecule has 1 saturated heterocycles. The normalized spacial score (nSPS) is 17.2. The highest BCUT2D eigenvalue weighted by Gasteiger charge is 2.32. The van der Waals surface area contributed by atoms with Gasteiger partial charge in [-0.05, 0) is 30.7 Å². The lowest BCUT2D eigenvalue weighted by Crippen LogP contribution is -2.33. The van der Waals surface area contributed by atoms with E-state index >= 15 is 0 Å². The number of hydrogen-bond acceptors (Lipinski definition) is 5. The van der Waals surface area contributed by atoms with Crippen molar-refractivity contribution < 1.29 is 9.59 Å². The van der Waals surface area contributed by atoms with Crippen molar-refractivity contribution in [2.75, 3.05) is 23.8 Å². The molecule has 1 aromatic carbocycles. The number of carbonyl (C=O) groups is 2. The third kappa shape index (κ3) is 3.13. The molecule has 0 aliphatic carbocycles. The van der Waals surface area contributed by atoms with E-state index in [9.17, 15) is 9.59 Å². The molecule has 2 N–H and O–H groups in total. The zero-order valence-corrected chi connectivity index (χ0v) is 12.7. The van der Waals surface area contributed by atoms with Crippen molar-refractivity contribution in [3.05, 3.63) is 48.2 Å². The molecule has 1 fully saturated rings. The summed E-state index contributed by atoms with van der Waals surface area (Å²) >= 11 is 0. The number of carbonyl (C=O) groups excluding carboxylic acids is 2. The first kappa shape index (κ1) is 15.0. The van der Waals surface area contributed by atoms with Crippen LogP contribution in [0.3, 0.4) is 0 Å². The minimum Gasteiger partial charge on any atom is -0.357 e. The quantitative estimate of drug-likeness (QED) is 0.881. The molecule has 0 saturated carbocycles. The van der Waals surface area contributed by atoms with Gasteiger partial charge in [0.25, 0.3) is 5.91 Å². The molecule has 2 amide bonds. The summed E-state index contributed by atoms with van der Waals surface area (Å²) in [5, 5.41) is 13.4. The molecule has 2 heterocycles. The summed E-state index contributed by atoms with van der Waals surface area (Å²) in [6.07, 6.45) is 0.687. The average molecular weight is 311 g/mol. The van der Waals surface area contributed by atoms with Gasteiger partial charge in [0.15, 0.2) is 5.69 Å². The number of amides is 2. The number of nitrogens with one attached hydrogen (secondary N) is 2. The van der Waals surface area contributed by atoms with Crippen molar-refractivity contribution in [1.29, 1.82) is 0 Å². The molecule has 23 heavy (non-hydrogen) atoms. The average Bonchev–Trinajstić information content (AvgIpc) is 2.96. The standard InChI is InChI=1S/C16H17N5O2/c1-17-15(22)12-7-8-14(20-19-12)18-13-9-10-21(16(13)23)11-5-3-2-4-6-11/h2-8,13H,9-10H2,1H3,(H,17,22)(H,18,20). The van der Waals surface area contributed by atoms with E-state index in [4.69, 9.17) is 0 Å². The smallest absolute Gasteiger partial charge is 0.271 e. The van der Waals surface area contributed by atoms with Gasteiger partial charge < -0.3 is 15.5 Å². The molecular formula is C16H17N5O2. The first-order chi connectivity index (χ1) is 11.2. The number of benzene rings is 1. The third-order valence-electron chi connectivity index (χ3n) is 3.72. The number of anilines is 2. The molecule has 1 aliphatic rings. The minimum atomic E-state index is -0.338. The minimum absolute atomic E-state index is 0.00776. The second kappa shape index (κ2) is 6.43. The number of aromatic nitrogens is 2. The van der Waals surface area contributed by atoms with E-state index in [2.05, 4.69) is 20.8 Å². The van der Waals surface area contributed by atoms with Gasteiger partial charge in [0.1, 0.15) is 11.9 Å². The van der Waals surface area contributed by atoms with Crippen LogP contribution in [-0.4, -0.2) is 41.6 Å². The topological polar surface area (TPSA) is 87.2 Å². The lowest BCUT2D eigenvalue weighted by molar-refractivity contribution is -0.117. The van der Waals surface area contributed by atoms with Crippen LogP contribution in [0.5, 0.6) is 0 Å². The molecule has 118 valence electrons. The van der Waals surface area contributed by atoms with Crippen molar-refractivity contribution in [2.24, 2.45) is 0 Å². The number of para-hydroxylation sites is 1. The first-order valence-corrected chi connectivity index (χ1v) is 7.38. The van der Waals surface area contributed by atoms with Gasteiger partial charge in [-0.3, -0.25) is 9.59 Å². The van der Waals surface area contributed by atoms with Gasteiger partial charge in [0.05, 0.1) is 0 Å². The van der Waals surface area contributed by atoms with E-state index in [1.807, 2.05) is 30.3 Å². The summed E-state index contributed by atoms with van der Waals surface area (Å²) in [7, 11) is 1.53. The summed E-state index contributed by atoms with van der Waals surface area (Å²) in [6, 6.07) is 12.5. The van der Waals surface area contributed by atoms with Crippen LogP contribution in [0, 0.1) is 0 Å². The van der Waals surface area contributed by atoms with E-state index in [0.29, 0.717) is 18.8 Å². The lowest BCUT2D eigenvalue weighted by Gasteiger charge is -2.17. The van der Waals surface area contributed by atoms with Crippen molar-refractivity contribution in [2.45, 2.75) is 12.5 Å². The summed E-state index contributed by atoms with van der Waals surface area (Å²) in [4.78, 5) is 25.7. The summed E-state index contributed by atoms with van der Waals surface area (Å²) in [6.45, 7) is 0.657. The predicted octanol–water partition coefficient (Wildman–Crippen LogP) is 1.05. The van der Waals surface area contributed by atoms with Gasteiger partial charge in [-0.2, -0.15) is 0 Å². The maximum Gasteiger partial charge on any atom is 0.271 e. The number of hydrogen-bond donors (Lipinski definition) is 2. The largest absolute Gasteiger partial charge is 0.357 e. The monoisotopic (exact) mass is 311 g/mol. The molecule has 0 bridgehead atoms. The van der Waals surface area contributed by atoms with Gasteiger partial charge >= 0.3 is 0 Å². The Labute approximate surface area is 133 Å². The van der Waals surface area contributed by atoms with Gasteiger partial charge in [-0.1, -0.05) is 18.2 Å². The van der Waals surface area contributed by atoms with E-state index in [1.54, 1.807) is 17.0 Å². The van der Waals surface area contributed by atoms with Crippen LogP contribution in [0.4, 0.5) is 11.5 Å². The molecular weight excluding hydrogens is 294 g/mol. The first-order valence-electron chi connectivity index (χ1n) is 7.38. The zero-order chi connectivity index (χ0) is 16.2. The molecule has 7 nitrogen and oxygen atoms in total. The van der Waals surface area contributed by atoms with Crippen LogP contribution in [0.1, 0.15) is 16.9 Å². The predicted molar refractivity (Wildman–Crippen MR) is 86.2 cm³/mol. The van der Waals surface area contributed by atoms with E-state index in [-0.39, 0.29) is 23.6 Å². The van der Waals surface area contributed by atoms with Crippen LogP contribution < -0.4 is 15.5 Å². The number of rotatable bonds is 4. The Balaban J connectivity index is 1.67. The summed E-state index contributed by atoms with van der Waals surface area (Å²) < 4.78 is 0. The molecule has 7 heteroatoms. The Bertz CT molecular complexity index is 702. The van der Waals surface area contributed by atoms with Gasteiger partial charge in [0.2, 0.25) is 5.91 Å². The third-order valence-corrected chi connectivity index (χ3v) is 3.72. The number of nitrogens with zero attached hydrogens (tertiary/aromatic N) is 3. The van der Waals surface area contributed by atoms with E-state index in [0.717, 1.165) is 5.69 Å². The molecule has 0 spiro atoms. The fourth-order valence-electron chi connectivity index (χ4n) is 2.52. The van der Waals surface area contributed by atoms with E-state index in [1.165, 1.54) is 7.05 Å². The van der Waals surface area contributed by atoms with E-state index < -0.39 is 0 Å². The Morgan fingerprint density at radius 3 is 2.61 bits per heavy atom. The second-order valence-corrected chi connectivity index (χ2v) is 5.19. The van der Waals surface area contributed by atoms with Crippen molar-refractivity contribution in [3.8, 4) is 0 Å². The highest BCUT2D eigenvalue weighted by atomic mass is 16.2. The fraction of sp³-hybridized carbons (Fsp3) is 0.250. The molecule has 1 aromatic heterocycles. The van der Waals surface area contributed by atoms with Crippen LogP contribution in [-0.2, 0) is 4.79 Å². The second-order valence-electron chi connectivity index (χ2n) is 5.19. The van der Waals surface area contributed by atoms with Crippen molar-refractivity contribution in [3.63, 3.8) is 0 Å². The van der Waals surface area contributed by atoms with Crippen LogP contribution in [0.25, 0.3) is 0 Å². The van der Waals surface area contributed by atoms with Gasteiger partial charge in [0, 0.05) is 19.3 Å². The molecule has 3 rings (SSSR count). The Morgan fingerprint density at radius 1 is 1.17 bits per heavy atom. The molecule has 1 unspecified atom stereocenters. The van der Waals surface area contributed by atoms with Crippen LogP contribution in [0.2, 0.25) is 0 Å². The van der Waals surface area contributed by atoms with Crippen LogP contribution in [0.15, 0.2) is 42.5 Å². The zero-order valence-electron chi connectivity index (χ0n) is 12.7. The lowest BCUT2D eigenvalue weighted by atomic mass is 10.2. The SMILES string of the molecule is CNC(=O)c1ccc(NC2CCN(c3ccccc3)C2=O)nn1. The molecule has 1 aliphatic heterocycles. The van der Waals surface area contributed by atoms with Crippen molar-refractivity contribution in [1.82, 2.24) is 15.5 Å². The highest BCUT2D eigenvalue weighted by Crippen LogP contribution is 2.22. The van der Waals surface area contributed by atoms with Crippen LogP contribution >= 0.6 is 0 Å². The molecule has 2 aromatic rings. The van der Waals surface area contributed by atoms with Crippen molar-refractivity contribution >= 4 is 23.3 Å². The molecule has 0 radical (unpaired) electrons.